The third-order valence-electron chi connectivity index (χ3n) is 3.90. The van der Waals surface area contributed by atoms with Crippen molar-refractivity contribution in [3.8, 4) is 17.0 Å². The molecule has 0 aliphatic carbocycles. The lowest BCUT2D eigenvalue weighted by atomic mass is 10.0. The van der Waals surface area contributed by atoms with Gasteiger partial charge in [-0.15, -0.1) is 0 Å². The average molecular weight is 271 g/mol. The predicted octanol–water partition coefficient (Wildman–Crippen LogP) is 2.85. The number of nitrogens with zero attached hydrogens (tertiary/aromatic N) is 2. The molecule has 0 radical (unpaired) electrons. The number of aromatic nitrogens is 2. The monoisotopic (exact) mass is 271 g/mol. The van der Waals surface area contributed by atoms with Crippen LogP contribution in [0.15, 0.2) is 24.3 Å². The van der Waals surface area contributed by atoms with E-state index in [9.17, 15) is 0 Å². The Labute approximate surface area is 119 Å². The second-order valence-electron chi connectivity index (χ2n) is 5.11. The molecule has 20 heavy (non-hydrogen) atoms. The van der Waals surface area contributed by atoms with Gasteiger partial charge in [-0.05, 0) is 37.7 Å². The molecule has 4 nitrogen and oxygen atoms in total. The molecule has 0 atom stereocenters. The van der Waals surface area contributed by atoms with E-state index in [0.29, 0.717) is 6.61 Å². The van der Waals surface area contributed by atoms with Gasteiger partial charge in [0.25, 0.3) is 0 Å². The Hall–Kier alpha value is -1.81. The van der Waals surface area contributed by atoms with E-state index in [1.165, 1.54) is 11.3 Å². The summed E-state index contributed by atoms with van der Waals surface area (Å²) in [6, 6.07) is 8.21. The number of hydrogen-bond acceptors (Lipinski definition) is 3. The molecule has 0 spiro atoms. The van der Waals surface area contributed by atoms with E-state index in [-0.39, 0.29) is 0 Å². The summed E-state index contributed by atoms with van der Waals surface area (Å²) in [5.41, 5.74) is 4.88. The topological polar surface area (TPSA) is 41.1 Å². The Kier molecular flexibility index (Phi) is 3.74. The molecule has 106 valence electrons. The van der Waals surface area contributed by atoms with Crippen LogP contribution in [0.3, 0.4) is 0 Å². The second kappa shape index (κ2) is 5.67. The van der Waals surface area contributed by atoms with E-state index in [0.717, 1.165) is 43.1 Å². The summed E-state index contributed by atoms with van der Waals surface area (Å²) in [6.07, 6.45) is 1.06. The van der Waals surface area contributed by atoms with Crippen LogP contribution in [0, 0.1) is 0 Å². The zero-order chi connectivity index (χ0) is 13.9. The van der Waals surface area contributed by atoms with Crippen molar-refractivity contribution in [3.63, 3.8) is 0 Å². The lowest BCUT2D eigenvalue weighted by Gasteiger charge is -2.25. The van der Waals surface area contributed by atoms with E-state index >= 15 is 0 Å². The normalized spacial score (nSPS) is 15.1. The van der Waals surface area contributed by atoms with E-state index in [4.69, 9.17) is 4.74 Å². The molecule has 3 rings (SSSR count). The fourth-order valence-corrected chi connectivity index (χ4v) is 2.74. The largest absolute Gasteiger partial charge is 0.494 e. The van der Waals surface area contributed by atoms with Gasteiger partial charge in [0.2, 0.25) is 0 Å². The minimum absolute atomic E-state index is 0.697. The van der Waals surface area contributed by atoms with Crippen LogP contribution in [-0.2, 0) is 13.0 Å². The molecular weight excluding hydrogens is 250 g/mol. The molecule has 0 saturated heterocycles. The first-order chi connectivity index (χ1) is 9.81. The van der Waals surface area contributed by atoms with Crippen molar-refractivity contribution in [1.82, 2.24) is 15.1 Å². The molecule has 1 aliphatic rings. The SMILES string of the molecule is CCOc1ccc(-c2n[nH]c3c2CN(CC)CC3)cc1. The molecule has 0 fully saturated rings. The average Bonchev–Trinajstić information content (AvgIpc) is 2.91. The standard InChI is InChI=1S/C16H21N3O/c1-3-19-10-9-15-14(11-19)16(18-17-15)12-5-7-13(8-6-12)20-4-2/h5-8H,3-4,9-11H2,1-2H3,(H,17,18). The number of hydrogen-bond donors (Lipinski definition) is 1. The van der Waals surface area contributed by atoms with Crippen LogP contribution in [0.1, 0.15) is 25.1 Å². The zero-order valence-electron chi connectivity index (χ0n) is 12.1. The zero-order valence-corrected chi connectivity index (χ0v) is 12.1. The first kappa shape index (κ1) is 13.2. The predicted molar refractivity (Wildman–Crippen MR) is 79.8 cm³/mol. The maximum absolute atomic E-state index is 5.49. The molecule has 0 amide bonds. The Morgan fingerprint density at radius 3 is 2.75 bits per heavy atom. The minimum atomic E-state index is 0.697. The van der Waals surface area contributed by atoms with Gasteiger partial charge in [0.05, 0.1) is 12.3 Å². The first-order valence-electron chi connectivity index (χ1n) is 7.33. The highest BCUT2D eigenvalue weighted by molar-refractivity contribution is 5.65. The van der Waals surface area contributed by atoms with Crippen molar-refractivity contribution in [3.05, 3.63) is 35.5 Å². The lowest BCUT2D eigenvalue weighted by molar-refractivity contribution is 0.267. The van der Waals surface area contributed by atoms with Gasteiger partial charge in [-0.2, -0.15) is 5.10 Å². The summed E-state index contributed by atoms with van der Waals surface area (Å²) in [4.78, 5) is 2.45. The van der Waals surface area contributed by atoms with E-state index in [2.05, 4.69) is 34.2 Å². The summed E-state index contributed by atoms with van der Waals surface area (Å²) in [7, 11) is 0. The number of nitrogens with one attached hydrogen (secondary N) is 1. The Morgan fingerprint density at radius 2 is 2.05 bits per heavy atom. The highest BCUT2D eigenvalue weighted by Gasteiger charge is 2.21. The molecule has 1 N–H and O–H groups in total. The van der Waals surface area contributed by atoms with Crippen molar-refractivity contribution < 1.29 is 4.74 Å². The minimum Gasteiger partial charge on any atom is -0.494 e. The number of rotatable bonds is 4. The van der Waals surface area contributed by atoms with Crippen molar-refractivity contribution in [2.24, 2.45) is 0 Å². The van der Waals surface area contributed by atoms with Crippen LogP contribution in [0.4, 0.5) is 0 Å². The summed E-state index contributed by atoms with van der Waals surface area (Å²) in [5.74, 6) is 0.913. The van der Waals surface area contributed by atoms with E-state index in [1.54, 1.807) is 0 Å². The highest BCUT2D eigenvalue weighted by Crippen LogP contribution is 2.29. The smallest absolute Gasteiger partial charge is 0.119 e. The van der Waals surface area contributed by atoms with Gasteiger partial charge >= 0.3 is 0 Å². The van der Waals surface area contributed by atoms with Crippen molar-refractivity contribution in [1.29, 1.82) is 0 Å². The molecule has 1 aliphatic heterocycles. The molecular formula is C16H21N3O. The third-order valence-corrected chi connectivity index (χ3v) is 3.90. The van der Waals surface area contributed by atoms with Crippen molar-refractivity contribution in [2.45, 2.75) is 26.8 Å². The summed E-state index contributed by atoms with van der Waals surface area (Å²) >= 11 is 0. The van der Waals surface area contributed by atoms with Gasteiger partial charge < -0.3 is 4.74 Å². The van der Waals surface area contributed by atoms with Crippen molar-refractivity contribution in [2.75, 3.05) is 19.7 Å². The molecule has 2 heterocycles. The number of H-pyrrole nitrogens is 1. The fraction of sp³-hybridized carbons (Fsp3) is 0.438. The molecule has 4 heteroatoms. The molecule has 2 aromatic rings. The fourth-order valence-electron chi connectivity index (χ4n) is 2.74. The van der Waals surface area contributed by atoms with E-state index in [1.807, 2.05) is 19.1 Å². The van der Waals surface area contributed by atoms with Gasteiger partial charge in [-0.1, -0.05) is 6.92 Å². The van der Waals surface area contributed by atoms with Crippen LogP contribution in [0.2, 0.25) is 0 Å². The lowest BCUT2D eigenvalue weighted by Crippen LogP contribution is -2.30. The molecule has 0 saturated carbocycles. The third kappa shape index (κ3) is 2.43. The van der Waals surface area contributed by atoms with Gasteiger partial charge in [0.15, 0.2) is 0 Å². The van der Waals surface area contributed by atoms with E-state index < -0.39 is 0 Å². The highest BCUT2D eigenvalue weighted by atomic mass is 16.5. The first-order valence-corrected chi connectivity index (χ1v) is 7.33. The Morgan fingerprint density at radius 1 is 1.25 bits per heavy atom. The summed E-state index contributed by atoms with van der Waals surface area (Å²) < 4.78 is 5.49. The van der Waals surface area contributed by atoms with Crippen LogP contribution in [-0.4, -0.2) is 34.8 Å². The van der Waals surface area contributed by atoms with Crippen molar-refractivity contribution >= 4 is 0 Å². The molecule has 1 aromatic heterocycles. The number of fused-ring (bicyclic) bond motifs is 1. The number of likely N-dealkylation sites (N-methyl/N-ethyl adjacent to an activating group) is 1. The maximum atomic E-state index is 5.49. The van der Waals surface area contributed by atoms with Gasteiger partial charge in [-0.25, -0.2) is 0 Å². The second-order valence-corrected chi connectivity index (χ2v) is 5.11. The summed E-state index contributed by atoms with van der Waals surface area (Å²) in [5, 5.41) is 7.72. The Bertz CT molecular complexity index is 574. The maximum Gasteiger partial charge on any atom is 0.119 e. The van der Waals surface area contributed by atoms with Gasteiger partial charge in [-0.3, -0.25) is 10.00 Å². The number of aromatic amines is 1. The summed E-state index contributed by atoms with van der Waals surface area (Å²) in [6.45, 7) is 8.11. The number of ether oxygens (including phenoxy) is 1. The van der Waals surface area contributed by atoms with Crippen LogP contribution < -0.4 is 4.74 Å². The van der Waals surface area contributed by atoms with Crippen LogP contribution in [0.5, 0.6) is 5.75 Å². The quantitative estimate of drug-likeness (QED) is 0.929. The van der Waals surface area contributed by atoms with Crippen LogP contribution in [0.25, 0.3) is 11.3 Å². The Balaban J connectivity index is 1.89. The molecule has 1 aromatic carbocycles. The van der Waals surface area contributed by atoms with Crippen LogP contribution >= 0.6 is 0 Å². The number of benzene rings is 1. The molecule has 0 bridgehead atoms. The van der Waals surface area contributed by atoms with Gasteiger partial charge in [0, 0.05) is 36.3 Å². The molecule has 0 unspecified atom stereocenters. The van der Waals surface area contributed by atoms with Gasteiger partial charge in [0.1, 0.15) is 5.75 Å².